The Kier molecular flexibility index (Phi) is 5.00. The van der Waals surface area contributed by atoms with Gasteiger partial charge in [0.2, 0.25) is 0 Å². The summed E-state index contributed by atoms with van der Waals surface area (Å²) >= 11 is 1.58. The van der Waals surface area contributed by atoms with E-state index in [9.17, 15) is 5.48 Å². The van der Waals surface area contributed by atoms with Crippen molar-refractivity contribution >= 4 is 53.3 Å². The van der Waals surface area contributed by atoms with Gasteiger partial charge in [-0.3, -0.25) is 0 Å². The normalized spacial score (nSPS) is 13.8. The van der Waals surface area contributed by atoms with Crippen LogP contribution in [0.15, 0.2) is 170 Å². The van der Waals surface area contributed by atoms with Gasteiger partial charge in [-0.2, -0.15) is 0 Å². The predicted octanol–water partition coefficient (Wildman–Crippen LogP) is 12.0. The molecule has 3 aromatic heterocycles. The second-order valence-electron chi connectivity index (χ2n) is 11.8. The number of para-hydroxylation sites is 2. The SMILES string of the molecule is [2H]c1cc(-c2cccc3c2sc2ccccc23)c([2H])c(-n2c3c([2H])cc([2H])c([2H])c3c3c([2H])c([2H])cc([2H])c32)c1-c1nc(-c2ccccc2)nc(-c2ccccc2)n1. The fourth-order valence-electron chi connectivity index (χ4n) is 6.54. The van der Waals surface area contributed by atoms with Gasteiger partial charge in [0.15, 0.2) is 17.5 Å². The first-order valence-corrected chi connectivity index (χ1v) is 16.9. The summed E-state index contributed by atoms with van der Waals surface area (Å²) in [5.41, 5.74) is 2.79. The lowest BCUT2D eigenvalue weighted by Crippen LogP contribution is -2.04. The van der Waals surface area contributed by atoms with E-state index in [0.29, 0.717) is 33.9 Å². The highest BCUT2D eigenvalue weighted by Gasteiger charge is 2.21. The van der Waals surface area contributed by atoms with Crippen LogP contribution in [0.3, 0.4) is 0 Å². The van der Waals surface area contributed by atoms with E-state index in [-0.39, 0.29) is 87.2 Å². The Balaban J connectivity index is 1.40. The van der Waals surface area contributed by atoms with E-state index in [0.717, 1.165) is 20.2 Å². The quantitative estimate of drug-likeness (QED) is 0.184. The zero-order valence-electron chi connectivity index (χ0n) is 34.2. The maximum atomic E-state index is 10.2. The smallest absolute Gasteiger partial charge is 0.166 e. The number of rotatable bonds is 5. The Labute approximate surface area is 303 Å². The molecule has 50 heavy (non-hydrogen) atoms. The molecule has 10 rings (SSSR count). The fourth-order valence-corrected chi connectivity index (χ4v) is 7.77. The first-order chi connectivity index (χ1) is 28.1. The van der Waals surface area contributed by atoms with Crippen molar-refractivity contribution in [2.75, 3.05) is 0 Å². The third-order valence-corrected chi connectivity index (χ3v) is 10.0. The van der Waals surface area contributed by atoms with E-state index in [2.05, 4.69) is 6.07 Å². The van der Waals surface area contributed by atoms with Crippen molar-refractivity contribution in [3.63, 3.8) is 0 Å². The summed E-state index contributed by atoms with van der Waals surface area (Å²) < 4.78 is 77.3. The molecule has 0 bridgehead atoms. The third-order valence-electron chi connectivity index (χ3n) is 8.82. The molecule has 0 saturated carbocycles. The van der Waals surface area contributed by atoms with Gasteiger partial charge in [0.1, 0.15) is 0 Å². The molecule has 234 valence electrons. The minimum Gasteiger partial charge on any atom is -0.308 e. The van der Waals surface area contributed by atoms with Crippen molar-refractivity contribution in [1.82, 2.24) is 19.5 Å². The largest absolute Gasteiger partial charge is 0.308 e. The van der Waals surface area contributed by atoms with Crippen LogP contribution in [0.5, 0.6) is 0 Å². The zero-order chi connectivity index (χ0) is 40.0. The van der Waals surface area contributed by atoms with E-state index in [1.807, 2.05) is 97.1 Å². The molecule has 4 nitrogen and oxygen atoms in total. The molecule has 0 radical (unpaired) electrons. The number of aromatic nitrogens is 4. The number of nitrogens with zero attached hydrogens (tertiary/aromatic N) is 4. The van der Waals surface area contributed by atoms with Crippen LogP contribution in [0.1, 0.15) is 11.0 Å². The number of fused-ring (bicyclic) bond motifs is 6. The van der Waals surface area contributed by atoms with Gasteiger partial charge in [0, 0.05) is 47.6 Å². The van der Waals surface area contributed by atoms with Gasteiger partial charge in [0.25, 0.3) is 0 Å². The lowest BCUT2D eigenvalue weighted by atomic mass is 9.99. The van der Waals surface area contributed by atoms with Crippen LogP contribution in [0.2, 0.25) is 0 Å². The van der Waals surface area contributed by atoms with Crippen molar-refractivity contribution in [3.8, 4) is 51.0 Å². The molecule has 0 N–H and O–H groups in total. The molecule has 0 aliphatic rings. The monoisotopic (exact) mass is 664 g/mol. The van der Waals surface area contributed by atoms with Gasteiger partial charge < -0.3 is 4.57 Å². The highest BCUT2D eigenvalue weighted by atomic mass is 32.1. The molecule has 0 fully saturated rings. The van der Waals surface area contributed by atoms with Gasteiger partial charge >= 0.3 is 0 Å². The standard InChI is InChI=1S/C45H28N4S/c1-3-14-29(15-4-1)43-46-44(30-16-5-2-6-17-30)48-45(47-43)37-27-26-31(32-21-13-22-36-35-20-9-12-25-41(35)50-42(32)36)28-40(37)49-38-23-10-7-18-33(38)34-19-8-11-24-39(34)49/h1-28H/i7D,8D,18D,19D,23D,24D,27D,28D. The lowest BCUT2D eigenvalue weighted by Gasteiger charge is -2.16. The molecule has 5 heteroatoms. The first kappa shape index (κ1) is 21.5. The van der Waals surface area contributed by atoms with E-state index >= 15 is 0 Å². The topological polar surface area (TPSA) is 43.6 Å². The fraction of sp³-hybridized carbons (Fsp3) is 0. The Morgan fingerprint density at radius 1 is 0.460 bits per heavy atom. The van der Waals surface area contributed by atoms with E-state index < -0.39 is 0 Å². The van der Waals surface area contributed by atoms with Crippen molar-refractivity contribution in [2.45, 2.75) is 0 Å². The van der Waals surface area contributed by atoms with E-state index in [4.69, 9.17) is 20.4 Å². The maximum Gasteiger partial charge on any atom is 0.166 e. The minimum absolute atomic E-state index is 0.0413. The third kappa shape index (κ3) is 4.63. The van der Waals surface area contributed by atoms with Gasteiger partial charge in [-0.1, -0.05) is 139 Å². The molecular weight excluding hydrogens is 629 g/mol. The average Bonchev–Trinajstić information content (AvgIpc) is 3.81. The highest BCUT2D eigenvalue weighted by Crippen LogP contribution is 2.42. The zero-order valence-corrected chi connectivity index (χ0v) is 27.1. The van der Waals surface area contributed by atoms with Crippen LogP contribution in [0.25, 0.3) is 93.0 Å². The minimum atomic E-state index is -0.281. The molecule has 0 aliphatic carbocycles. The number of thiophene rings is 1. The van der Waals surface area contributed by atoms with E-state index in [1.165, 1.54) is 16.7 Å². The number of hydrogen-bond acceptors (Lipinski definition) is 4. The Morgan fingerprint density at radius 3 is 1.74 bits per heavy atom. The summed E-state index contributed by atoms with van der Waals surface area (Å²) in [6, 6.07) is 35.2. The summed E-state index contributed by atoms with van der Waals surface area (Å²) in [6.45, 7) is 0. The Morgan fingerprint density at radius 2 is 1.06 bits per heavy atom. The summed E-state index contributed by atoms with van der Waals surface area (Å²) in [5.74, 6) is 0.710. The van der Waals surface area contributed by atoms with Crippen molar-refractivity contribution in [1.29, 1.82) is 0 Å². The number of hydrogen-bond donors (Lipinski definition) is 0. The van der Waals surface area contributed by atoms with Crippen molar-refractivity contribution in [3.05, 3.63) is 170 Å². The van der Waals surface area contributed by atoms with Gasteiger partial charge in [0.05, 0.1) is 27.7 Å². The van der Waals surface area contributed by atoms with Gasteiger partial charge in [-0.05, 0) is 41.4 Å². The molecule has 0 saturated heterocycles. The van der Waals surface area contributed by atoms with Crippen molar-refractivity contribution in [2.24, 2.45) is 0 Å². The van der Waals surface area contributed by atoms with Crippen LogP contribution in [0.4, 0.5) is 0 Å². The van der Waals surface area contributed by atoms with E-state index in [1.54, 1.807) is 17.4 Å². The molecule has 0 aliphatic heterocycles. The second kappa shape index (κ2) is 11.6. The summed E-state index contributed by atoms with van der Waals surface area (Å²) in [5, 5.41) is 2.14. The number of benzene rings is 7. The maximum absolute atomic E-state index is 10.2. The van der Waals surface area contributed by atoms with Crippen LogP contribution < -0.4 is 0 Å². The predicted molar refractivity (Wildman–Crippen MR) is 209 cm³/mol. The van der Waals surface area contributed by atoms with Gasteiger partial charge in [-0.25, -0.2) is 15.0 Å². The molecule has 7 aromatic carbocycles. The van der Waals surface area contributed by atoms with Crippen LogP contribution in [0, 0.1) is 0 Å². The average molecular weight is 665 g/mol. The Bertz CT molecular complexity index is 3200. The van der Waals surface area contributed by atoms with Crippen LogP contribution >= 0.6 is 11.3 Å². The van der Waals surface area contributed by atoms with Crippen LogP contribution in [-0.2, 0) is 0 Å². The second-order valence-corrected chi connectivity index (χ2v) is 12.8. The molecule has 0 unspecified atom stereocenters. The summed E-state index contributed by atoms with van der Waals surface area (Å²) in [4.78, 5) is 14.8. The summed E-state index contributed by atoms with van der Waals surface area (Å²) in [6.07, 6.45) is 0. The van der Waals surface area contributed by atoms with Crippen molar-refractivity contribution < 1.29 is 11.0 Å². The van der Waals surface area contributed by atoms with Crippen LogP contribution in [-0.4, -0.2) is 19.5 Å². The lowest BCUT2D eigenvalue weighted by molar-refractivity contribution is 1.06. The Hall–Kier alpha value is -6.43. The molecule has 0 spiro atoms. The highest BCUT2D eigenvalue weighted by molar-refractivity contribution is 7.26. The first-order valence-electron chi connectivity index (χ1n) is 20.0. The molecular formula is C45H28N4S. The summed E-state index contributed by atoms with van der Waals surface area (Å²) in [7, 11) is 0. The molecule has 0 amide bonds. The molecule has 10 aromatic rings. The van der Waals surface area contributed by atoms with Gasteiger partial charge in [-0.15, -0.1) is 11.3 Å². The molecule has 0 atom stereocenters. The molecule has 3 heterocycles.